The number of benzene rings is 2. The predicted molar refractivity (Wildman–Crippen MR) is 88.7 cm³/mol. The van der Waals surface area contributed by atoms with Crippen LogP contribution in [0.4, 0.5) is 0 Å². The SMILES string of the molecule is CCC1(C)C=Cc2cc(CCc3ccccc3)ccc2O1. The molecule has 1 atom stereocenters. The van der Waals surface area contributed by atoms with E-state index in [0.717, 1.165) is 25.0 Å². The van der Waals surface area contributed by atoms with E-state index in [1.54, 1.807) is 0 Å². The van der Waals surface area contributed by atoms with Crippen LogP contribution >= 0.6 is 0 Å². The molecule has 1 heteroatoms. The Bertz CT molecular complexity index is 642. The van der Waals surface area contributed by atoms with Crippen LogP contribution in [0, 0.1) is 0 Å². The monoisotopic (exact) mass is 278 g/mol. The van der Waals surface area contributed by atoms with Crippen molar-refractivity contribution in [1.29, 1.82) is 0 Å². The molecule has 1 nitrogen and oxygen atoms in total. The molecule has 0 fully saturated rings. The quantitative estimate of drug-likeness (QED) is 0.760. The van der Waals surface area contributed by atoms with Crippen LogP contribution in [-0.4, -0.2) is 5.60 Å². The van der Waals surface area contributed by atoms with Crippen LogP contribution in [0.3, 0.4) is 0 Å². The van der Waals surface area contributed by atoms with Crippen molar-refractivity contribution < 1.29 is 4.74 Å². The summed E-state index contributed by atoms with van der Waals surface area (Å²) >= 11 is 0. The van der Waals surface area contributed by atoms with E-state index in [9.17, 15) is 0 Å². The minimum atomic E-state index is -0.154. The number of fused-ring (bicyclic) bond motifs is 1. The number of hydrogen-bond donors (Lipinski definition) is 0. The molecular weight excluding hydrogens is 256 g/mol. The molecule has 0 radical (unpaired) electrons. The van der Waals surface area contributed by atoms with Crippen LogP contribution in [0.2, 0.25) is 0 Å². The van der Waals surface area contributed by atoms with E-state index in [2.05, 4.69) is 74.5 Å². The first-order chi connectivity index (χ1) is 10.2. The summed E-state index contributed by atoms with van der Waals surface area (Å²) in [4.78, 5) is 0. The molecule has 2 aromatic rings. The minimum absolute atomic E-state index is 0.154. The highest BCUT2D eigenvalue weighted by Gasteiger charge is 2.24. The molecule has 3 rings (SSSR count). The van der Waals surface area contributed by atoms with Crippen molar-refractivity contribution >= 4 is 6.08 Å². The molecule has 0 saturated heterocycles. The van der Waals surface area contributed by atoms with Crippen molar-refractivity contribution in [3.8, 4) is 5.75 Å². The molecule has 1 unspecified atom stereocenters. The van der Waals surface area contributed by atoms with Gasteiger partial charge in [-0.05, 0) is 55.5 Å². The fraction of sp³-hybridized carbons (Fsp3) is 0.300. The summed E-state index contributed by atoms with van der Waals surface area (Å²) in [7, 11) is 0. The van der Waals surface area contributed by atoms with Crippen LogP contribution in [-0.2, 0) is 12.8 Å². The van der Waals surface area contributed by atoms with Gasteiger partial charge in [0.15, 0.2) is 0 Å². The molecule has 0 saturated carbocycles. The molecule has 0 aliphatic carbocycles. The Morgan fingerprint density at radius 3 is 2.48 bits per heavy atom. The fourth-order valence-electron chi connectivity index (χ4n) is 2.65. The van der Waals surface area contributed by atoms with Gasteiger partial charge in [-0.25, -0.2) is 0 Å². The van der Waals surface area contributed by atoms with Gasteiger partial charge in [-0.15, -0.1) is 0 Å². The Morgan fingerprint density at radius 2 is 1.71 bits per heavy atom. The summed E-state index contributed by atoms with van der Waals surface area (Å²) < 4.78 is 6.10. The Balaban J connectivity index is 1.73. The highest BCUT2D eigenvalue weighted by atomic mass is 16.5. The molecular formula is C20H22O. The van der Waals surface area contributed by atoms with Crippen LogP contribution in [0.25, 0.3) is 6.08 Å². The lowest BCUT2D eigenvalue weighted by Crippen LogP contribution is -2.30. The highest BCUT2D eigenvalue weighted by molar-refractivity contribution is 5.61. The molecule has 0 aromatic heterocycles. The Hall–Kier alpha value is -2.02. The first kappa shape index (κ1) is 13.9. The molecule has 0 bridgehead atoms. The third kappa shape index (κ3) is 3.18. The van der Waals surface area contributed by atoms with Gasteiger partial charge in [-0.3, -0.25) is 0 Å². The summed E-state index contributed by atoms with van der Waals surface area (Å²) in [5.74, 6) is 1.00. The van der Waals surface area contributed by atoms with Crippen molar-refractivity contribution in [3.63, 3.8) is 0 Å². The van der Waals surface area contributed by atoms with E-state index in [1.165, 1.54) is 16.7 Å². The maximum Gasteiger partial charge on any atom is 0.127 e. The van der Waals surface area contributed by atoms with Crippen molar-refractivity contribution in [2.45, 2.75) is 38.7 Å². The van der Waals surface area contributed by atoms with Crippen LogP contribution < -0.4 is 4.74 Å². The first-order valence-electron chi connectivity index (χ1n) is 7.74. The lowest BCUT2D eigenvalue weighted by molar-refractivity contribution is 0.133. The molecule has 108 valence electrons. The largest absolute Gasteiger partial charge is 0.483 e. The van der Waals surface area contributed by atoms with E-state index in [0.29, 0.717) is 0 Å². The highest BCUT2D eigenvalue weighted by Crippen LogP contribution is 2.33. The molecule has 0 N–H and O–H groups in total. The zero-order valence-corrected chi connectivity index (χ0v) is 12.8. The summed E-state index contributed by atoms with van der Waals surface area (Å²) in [6.45, 7) is 4.29. The predicted octanol–water partition coefficient (Wildman–Crippen LogP) is 5.05. The van der Waals surface area contributed by atoms with Gasteiger partial charge in [-0.2, -0.15) is 0 Å². The van der Waals surface area contributed by atoms with Crippen molar-refractivity contribution in [2.75, 3.05) is 0 Å². The van der Waals surface area contributed by atoms with Crippen molar-refractivity contribution in [2.24, 2.45) is 0 Å². The Morgan fingerprint density at radius 1 is 0.952 bits per heavy atom. The lowest BCUT2D eigenvalue weighted by atomic mass is 9.96. The topological polar surface area (TPSA) is 9.23 Å². The van der Waals surface area contributed by atoms with E-state index in [4.69, 9.17) is 4.74 Å². The second-order valence-corrected chi connectivity index (χ2v) is 5.96. The third-order valence-corrected chi connectivity index (χ3v) is 4.28. The van der Waals surface area contributed by atoms with E-state index < -0.39 is 0 Å². The molecule has 0 spiro atoms. The summed E-state index contributed by atoms with van der Waals surface area (Å²) in [6, 6.07) is 17.2. The average molecular weight is 278 g/mol. The Labute approximate surface area is 127 Å². The standard InChI is InChI=1S/C20H22O/c1-3-20(2)14-13-18-15-17(11-12-19(18)21-20)10-9-16-7-5-4-6-8-16/h4-8,11-15H,3,9-10H2,1-2H3. The molecule has 21 heavy (non-hydrogen) atoms. The Kier molecular flexibility index (Phi) is 3.83. The lowest BCUT2D eigenvalue weighted by Gasteiger charge is -2.30. The van der Waals surface area contributed by atoms with Crippen molar-refractivity contribution in [3.05, 3.63) is 71.3 Å². The second kappa shape index (κ2) is 5.77. The third-order valence-electron chi connectivity index (χ3n) is 4.28. The zero-order chi connectivity index (χ0) is 14.7. The fourth-order valence-corrected chi connectivity index (χ4v) is 2.65. The second-order valence-electron chi connectivity index (χ2n) is 5.96. The molecule has 1 heterocycles. The van der Waals surface area contributed by atoms with Gasteiger partial charge in [0.2, 0.25) is 0 Å². The number of hydrogen-bond acceptors (Lipinski definition) is 1. The molecule has 0 amide bonds. The maximum atomic E-state index is 6.10. The average Bonchev–Trinajstić information content (AvgIpc) is 2.54. The number of aryl methyl sites for hydroxylation is 2. The first-order valence-corrected chi connectivity index (χ1v) is 7.74. The summed E-state index contributed by atoms with van der Waals surface area (Å²) in [5, 5.41) is 0. The van der Waals surface area contributed by atoms with Crippen LogP contribution in [0.5, 0.6) is 5.75 Å². The smallest absolute Gasteiger partial charge is 0.127 e. The number of rotatable bonds is 4. The molecule has 1 aliphatic heterocycles. The van der Waals surface area contributed by atoms with Gasteiger partial charge in [0, 0.05) is 5.56 Å². The van der Waals surface area contributed by atoms with Gasteiger partial charge >= 0.3 is 0 Å². The van der Waals surface area contributed by atoms with Gasteiger partial charge < -0.3 is 4.74 Å². The van der Waals surface area contributed by atoms with Crippen LogP contribution in [0.1, 0.15) is 37.0 Å². The molecule has 1 aliphatic rings. The number of ether oxygens (including phenoxy) is 1. The van der Waals surface area contributed by atoms with E-state index in [-0.39, 0.29) is 5.60 Å². The molecule has 2 aromatic carbocycles. The summed E-state index contributed by atoms with van der Waals surface area (Å²) in [6.07, 6.45) is 7.51. The van der Waals surface area contributed by atoms with Gasteiger partial charge in [0.1, 0.15) is 11.4 Å². The van der Waals surface area contributed by atoms with Crippen molar-refractivity contribution in [1.82, 2.24) is 0 Å². The zero-order valence-electron chi connectivity index (χ0n) is 12.8. The van der Waals surface area contributed by atoms with E-state index in [1.807, 2.05) is 0 Å². The minimum Gasteiger partial charge on any atom is -0.483 e. The summed E-state index contributed by atoms with van der Waals surface area (Å²) in [5.41, 5.74) is 3.80. The van der Waals surface area contributed by atoms with Gasteiger partial charge in [0.25, 0.3) is 0 Å². The van der Waals surface area contributed by atoms with Crippen LogP contribution in [0.15, 0.2) is 54.6 Å². The van der Waals surface area contributed by atoms with Gasteiger partial charge in [0.05, 0.1) is 0 Å². The van der Waals surface area contributed by atoms with Gasteiger partial charge in [-0.1, -0.05) is 49.4 Å². The normalized spacial score (nSPS) is 19.9. The van der Waals surface area contributed by atoms with E-state index >= 15 is 0 Å². The maximum absolute atomic E-state index is 6.10.